The lowest BCUT2D eigenvalue weighted by Crippen LogP contribution is -2.46. The van der Waals surface area contributed by atoms with Crippen LogP contribution in [0.3, 0.4) is 0 Å². The van der Waals surface area contributed by atoms with Crippen LogP contribution in [0.4, 0.5) is 0 Å². The lowest BCUT2D eigenvalue weighted by molar-refractivity contribution is -0.148. The van der Waals surface area contributed by atoms with Crippen molar-refractivity contribution in [3.05, 3.63) is 85.1 Å². The molecule has 0 heterocycles. The minimum Gasteiger partial charge on any atom is -0.458 e. The van der Waals surface area contributed by atoms with Gasteiger partial charge in [0.25, 0.3) is 0 Å². The van der Waals surface area contributed by atoms with E-state index in [1.165, 1.54) is 141 Å². The summed E-state index contributed by atoms with van der Waals surface area (Å²) >= 11 is 0. The van der Waals surface area contributed by atoms with Crippen LogP contribution in [-0.4, -0.2) is 46.9 Å². The molecule has 0 aromatic rings. The Morgan fingerprint density at radius 2 is 0.848 bits per heavy atom. The summed E-state index contributed by atoms with van der Waals surface area (Å²) in [6, 6.07) is -0.746. The summed E-state index contributed by atoms with van der Waals surface area (Å²) in [6.45, 7) is 6.33. The molecule has 66 heavy (non-hydrogen) atoms. The molecule has 0 aliphatic heterocycles. The quantitative estimate of drug-likeness (QED) is 0.0321. The SMILES string of the molecule is CC/C=C\C/C=C\C/C=C\C/C=C\C/C=C\C/C=C\C(CC(=O)NC(CO)C(O)CCCCCCCCCCCCC)OC(=O)CCCCCCCCCCC/C=C/CCCCCCCC. The average Bonchev–Trinajstić information content (AvgIpc) is 3.31. The van der Waals surface area contributed by atoms with E-state index in [0.29, 0.717) is 19.3 Å². The molecule has 6 nitrogen and oxygen atoms in total. The standard InChI is InChI=1S/C60H105NO5/c1-4-7-10-13-16-19-22-24-26-28-29-31-33-35-38-41-44-47-50-53-60(65)66-56(51-48-45-42-39-37-34-32-30-27-25-23-20-17-14-11-8-5-2)54-59(64)61-57(55-62)58(63)52-49-46-43-40-36-21-18-15-12-9-6-3/h8,11,17,20,24-27,32,34,39,42,48,51,56-58,62-63H,4-7,9-10,12-16,18-19,21-23,28-31,33,35-38,40-41,43-47,49-50,52-55H2,1-3H3,(H,61,64)/b11-8-,20-17-,26-24+,27-25-,34-32-,42-39-,51-48-. The van der Waals surface area contributed by atoms with Gasteiger partial charge >= 0.3 is 5.97 Å². The molecule has 0 saturated heterocycles. The maximum atomic E-state index is 13.2. The van der Waals surface area contributed by atoms with Crippen molar-refractivity contribution in [2.24, 2.45) is 0 Å². The number of unbranched alkanes of at least 4 members (excludes halogenated alkanes) is 25. The molecule has 0 rings (SSSR count). The van der Waals surface area contributed by atoms with Gasteiger partial charge in [0, 0.05) is 6.42 Å². The highest BCUT2D eigenvalue weighted by Crippen LogP contribution is 2.16. The van der Waals surface area contributed by atoms with Crippen LogP contribution in [0.15, 0.2) is 85.1 Å². The molecule has 0 bridgehead atoms. The summed E-state index contributed by atoms with van der Waals surface area (Å²) in [4.78, 5) is 26.2. The fourth-order valence-electron chi connectivity index (χ4n) is 8.01. The van der Waals surface area contributed by atoms with Crippen molar-refractivity contribution in [3.63, 3.8) is 0 Å². The third-order valence-electron chi connectivity index (χ3n) is 12.2. The molecule has 6 heteroatoms. The van der Waals surface area contributed by atoms with E-state index >= 15 is 0 Å². The summed E-state index contributed by atoms with van der Waals surface area (Å²) in [5.41, 5.74) is 0. The van der Waals surface area contributed by atoms with Crippen molar-refractivity contribution in [2.45, 2.75) is 277 Å². The van der Waals surface area contributed by atoms with Crippen molar-refractivity contribution < 1.29 is 24.5 Å². The normalized spacial score (nSPS) is 13.8. The van der Waals surface area contributed by atoms with Gasteiger partial charge in [-0.05, 0) is 83.1 Å². The van der Waals surface area contributed by atoms with Gasteiger partial charge in [0.1, 0.15) is 6.10 Å². The summed E-state index contributed by atoms with van der Waals surface area (Å²) < 4.78 is 5.84. The number of carbonyl (C=O) groups excluding carboxylic acids is 2. The molecule has 0 aromatic carbocycles. The number of nitrogens with one attached hydrogen (secondary N) is 1. The number of aliphatic hydroxyl groups is 2. The molecule has 0 aliphatic carbocycles. The Bertz CT molecular complexity index is 1260. The summed E-state index contributed by atoms with van der Waals surface area (Å²) in [5.74, 6) is -0.632. The number of aliphatic hydroxyl groups excluding tert-OH is 2. The van der Waals surface area contributed by atoms with Gasteiger partial charge in [-0.2, -0.15) is 0 Å². The molecular weight excluding hydrogens is 815 g/mol. The van der Waals surface area contributed by atoms with Crippen LogP contribution >= 0.6 is 0 Å². The number of carbonyl (C=O) groups is 2. The Hall–Kier alpha value is -2.96. The first-order valence-corrected chi connectivity index (χ1v) is 27.8. The lowest BCUT2D eigenvalue weighted by atomic mass is 10.0. The number of allylic oxidation sites excluding steroid dienone is 13. The van der Waals surface area contributed by atoms with Crippen molar-refractivity contribution in [1.29, 1.82) is 0 Å². The molecule has 3 unspecified atom stereocenters. The van der Waals surface area contributed by atoms with Crippen molar-refractivity contribution >= 4 is 11.9 Å². The molecule has 0 spiro atoms. The van der Waals surface area contributed by atoms with E-state index in [1.54, 1.807) is 6.08 Å². The predicted molar refractivity (Wildman–Crippen MR) is 287 cm³/mol. The largest absolute Gasteiger partial charge is 0.458 e. The maximum Gasteiger partial charge on any atom is 0.306 e. The van der Waals surface area contributed by atoms with Crippen LogP contribution in [0.25, 0.3) is 0 Å². The first-order chi connectivity index (χ1) is 32.5. The Kier molecular flexibility index (Phi) is 50.6. The molecule has 1 amide bonds. The Morgan fingerprint density at radius 1 is 0.470 bits per heavy atom. The number of hydrogen-bond donors (Lipinski definition) is 3. The topological polar surface area (TPSA) is 95.9 Å². The van der Waals surface area contributed by atoms with Gasteiger partial charge in [-0.15, -0.1) is 0 Å². The van der Waals surface area contributed by atoms with Gasteiger partial charge in [0.05, 0.1) is 25.2 Å². The number of ether oxygens (including phenoxy) is 1. The average molecular weight is 921 g/mol. The second-order valence-electron chi connectivity index (χ2n) is 18.6. The van der Waals surface area contributed by atoms with Gasteiger partial charge in [-0.1, -0.05) is 247 Å². The molecule has 0 aliphatic rings. The molecular formula is C60H105NO5. The second kappa shape index (κ2) is 53.0. The summed E-state index contributed by atoms with van der Waals surface area (Å²) in [7, 11) is 0. The summed E-state index contributed by atoms with van der Waals surface area (Å²) in [6.07, 6.45) is 69.7. The zero-order valence-corrected chi connectivity index (χ0v) is 43.3. The van der Waals surface area contributed by atoms with E-state index in [0.717, 1.165) is 70.6 Å². The first kappa shape index (κ1) is 63.0. The van der Waals surface area contributed by atoms with E-state index in [1.807, 2.05) is 6.08 Å². The monoisotopic (exact) mass is 920 g/mol. The van der Waals surface area contributed by atoms with Crippen LogP contribution in [-0.2, 0) is 14.3 Å². The van der Waals surface area contributed by atoms with Crippen LogP contribution in [0.2, 0.25) is 0 Å². The lowest BCUT2D eigenvalue weighted by Gasteiger charge is -2.23. The smallest absolute Gasteiger partial charge is 0.306 e. The van der Waals surface area contributed by atoms with Crippen LogP contribution < -0.4 is 5.32 Å². The Morgan fingerprint density at radius 3 is 1.27 bits per heavy atom. The highest BCUT2D eigenvalue weighted by atomic mass is 16.5. The summed E-state index contributed by atoms with van der Waals surface area (Å²) in [5, 5.41) is 23.7. The minimum atomic E-state index is -0.823. The minimum absolute atomic E-state index is 0.0505. The van der Waals surface area contributed by atoms with Crippen LogP contribution in [0, 0.1) is 0 Å². The maximum absolute atomic E-state index is 13.2. The van der Waals surface area contributed by atoms with Crippen molar-refractivity contribution in [3.8, 4) is 0 Å². The van der Waals surface area contributed by atoms with E-state index in [4.69, 9.17) is 4.74 Å². The van der Waals surface area contributed by atoms with E-state index in [9.17, 15) is 19.8 Å². The number of esters is 1. The zero-order valence-electron chi connectivity index (χ0n) is 43.3. The predicted octanol–water partition coefficient (Wildman–Crippen LogP) is 17.1. The first-order valence-electron chi connectivity index (χ1n) is 27.8. The van der Waals surface area contributed by atoms with Crippen LogP contribution in [0.5, 0.6) is 0 Å². The zero-order chi connectivity index (χ0) is 48.1. The second-order valence-corrected chi connectivity index (χ2v) is 18.6. The van der Waals surface area contributed by atoms with Gasteiger partial charge in [-0.25, -0.2) is 0 Å². The number of amides is 1. The Balaban J connectivity index is 4.71. The van der Waals surface area contributed by atoms with Crippen molar-refractivity contribution in [2.75, 3.05) is 6.61 Å². The number of rotatable bonds is 49. The molecule has 0 saturated carbocycles. The van der Waals surface area contributed by atoms with E-state index in [2.05, 4.69) is 99.0 Å². The van der Waals surface area contributed by atoms with Gasteiger partial charge in [0.2, 0.25) is 5.91 Å². The van der Waals surface area contributed by atoms with Crippen LogP contribution in [0.1, 0.15) is 258 Å². The van der Waals surface area contributed by atoms with Crippen molar-refractivity contribution in [1.82, 2.24) is 5.32 Å². The third kappa shape index (κ3) is 47.5. The molecule has 3 N–H and O–H groups in total. The van der Waals surface area contributed by atoms with E-state index in [-0.39, 0.29) is 24.9 Å². The highest BCUT2D eigenvalue weighted by molar-refractivity contribution is 5.78. The fourth-order valence-corrected chi connectivity index (χ4v) is 8.01. The highest BCUT2D eigenvalue weighted by Gasteiger charge is 2.23. The molecule has 0 fully saturated rings. The number of hydrogen-bond acceptors (Lipinski definition) is 5. The molecule has 0 aromatic heterocycles. The van der Waals surface area contributed by atoms with Gasteiger partial charge in [0.15, 0.2) is 0 Å². The van der Waals surface area contributed by atoms with E-state index < -0.39 is 18.2 Å². The third-order valence-corrected chi connectivity index (χ3v) is 12.2. The molecule has 0 radical (unpaired) electrons. The van der Waals surface area contributed by atoms with Gasteiger partial charge in [-0.3, -0.25) is 9.59 Å². The Labute approximate surface area is 408 Å². The fraction of sp³-hybridized carbons (Fsp3) is 0.733. The molecule has 380 valence electrons. The van der Waals surface area contributed by atoms with Gasteiger partial charge < -0.3 is 20.3 Å². The molecule has 3 atom stereocenters.